The van der Waals surface area contributed by atoms with Gasteiger partial charge in [0.25, 0.3) is 0 Å². The number of para-hydroxylation sites is 1. The Morgan fingerprint density at radius 3 is 1.41 bits per heavy atom. The first-order chi connectivity index (χ1) is 33.4. The van der Waals surface area contributed by atoms with Gasteiger partial charge in [-0.15, -0.1) is 0 Å². The molecule has 0 saturated carbocycles. The van der Waals surface area contributed by atoms with Crippen LogP contribution in [0.3, 0.4) is 0 Å². The van der Waals surface area contributed by atoms with Crippen LogP contribution < -0.4 is 9.35 Å². The summed E-state index contributed by atoms with van der Waals surface area (Å²) in [6.07, 6.45) is 2.33. The Bertz CT molecular complexity index is 3120. The Hall–Kier alpha value is -6.35. The Labute approximate surface area is 418 Å². The van der Waals surface area contributed by atoms with E-state index in [0.717, 1.165) is 30.5 Å². The number of imidazole rings is 1. The SMILES string of the molecule is CC(=O)Nc1cccc[c]1[Pd-2]([Cl])=[c]1n(-c2c(C(c3ccccc3)c3ccccc3)cc(C)cc2C(c2ccccc2)c2ccccc2)cc2cccc(-c3c(C(C)C)cc(C(C)C)cc3C(C)C)n12. The average molecular weight is 1020 g/mol. The number of nitrogens with one attached hydrogen (secondary N) is 1. The molecule has 2 heterocycles. The second kappa shape index (κ2) is 20.7. The zero-order valence-electron chi connectivity index (χ0n) is 40.9. The summed E-state index contributed by atoms with van der Waals surface area (Å²) in [6, 6.07) is 68.2. The van der Waals surface area contributed by atoms with E-state index in [1.165, 1.54) is 61.2 Å². The van der Waals surface area contributed by atoms with Crippen molar-refractivity contribution in [2.45, 2.75) is 85.0 Å². The van der Waals surface area contributed by atoms with Crippen molar-refractivity contribution in [2.75, 3.05) is 5.32 Å². The number of aromatic nitrogens is 2. The predicted octanol–water partition coefficient (Wildman–Crippen LogP) is 16.0. The maximum atomic E-state index is 13.0. The number of fused-ring (bicyclic) bond motifs is 1. The van der Waals surface area contributed by atoms with Gasteiger partial charge in [-0.3, -0.25) is 0 Å². The van der Waals surface area contributed by atoms with Crippen molar-refractivity contribution in [3.05, 3.63) is 254 Å². The van der Waals surface area contributed by atoms with Crippen LogP contribution >= 0.6 is 9.53 Å². The molecule has 0 bridgehead atoms. The van der Waals surface area contributed by atoms with E-state index < -0.39 is 15.3 Å². The third-order valence-corrected chi connectivity index (χ3v) is 17.3. The average Bonchev–Trinajstić information content (AvgIpc) is 3.74. The van der Waals surface area contributed by atoms with Gasteiger partial charge in [-0.05, 0) is 0 Å². The molecule has 0 saturated heterocycles. The normalized spacial score (nSPS) is 12.7. The number of hydrogen-bond donors (Lipinski definition) is 1. The van der Waals surface area contributed by atoms with Crippen LogP contribution in [0.1, 0.15) is 134 Å². The zero-order valence-corrected chi connectivity index (χ0v) is 43.2. The number of rotatable bonds is 13. The van der Waals surface area contributed by atoms with Gasteiger partial charge in [0, 0.05) is 0 Å². The number of anilines is 1. The molecule has 9 aromatic rings. The molecule has 0 aliphatic carbocycles. The molecular formula is C63H62ClN3OPd-2. The molecule has 7 aromatic carbocycles. The summed E-state index contributed by atoms with van der Waals surface area (Å²) in [5.41, 5.74) is 17.5. The van der Waals surface area contributed by atoms with E-state index in [9.17, 15) is 4.79 Å². The van der Waals surface area contributed by atoms with Gasteiger partial charge in [0.05, 0.1) is 0 Å². The molecule has 0 aliphatic heterocycles. The Kier molecular flexibility index (Phi) is 14.3. The first-order valence-electron chi connectivity index (χ1n) is 24.1. The van der Waals surface area contributed by atoms with Crippen LogP contribution in [0.5, 0.6) is 0 Å². The van der Waals surface area contributed by atoms with Crippen LogP contribution in [-0.4, -0.2) is 14.9 Å². The summed E-state index contributed by atoms with van der Waals surface area (Å²) in [7, 11) is 8.41. The van der Waals surface area contributed by atoms with E-state index in [4.69, 9.17) is 9.53 Å². The fraction of sp³-hybridized carbons (Fsp3) is 0.206. The monoisotopic (exact) mass is 1020 g/mol. The molecule has 354 valence electrons. The Balaban J connectivity index is 1.54. The summed E-state index contributed by atoms with van der Waals surface area (Å²) in [5, 5.41) is 3.17. The molecule has 0 unspecified atom stereocenters. The van der Waals surface area contributed by atoms with Crippen molar-refractivity contribution in [3.8, 4) is 16.9 Å². The summed E-state index contributed by atoms with van der Waals surface area (Å²) >= 11 is -2.48. The van der Waals surface area contributed by atoms with Crippen LogP contribution in [-0.2, 0) is 20.1 Å². The minimum absolute atomic E-state index is 0.135. The molecule has 1 N–H and O–H groups in total. The molecule has 1 amide bonds. The van der Waals surface area contributed by atoms with Crippen molar-refractivity contribution >= 4 is 30.7 Å². The van der Waals surface area contributed by atoms with E-state index in [-0.39, 0.29) is 29.6 Å². The molecule has 0 fully saturated rings. The second-order valence-corrected chi connectivity index (χ2v) is 23.0. The quantitative estimate of drug-likeness (QED) is 0.0907. The number of benzene rings is 7. The van der Waals surface area contributed by atoms with Gasteiger partial charge in [0.15, 0.2) is 0 Å². The van der Waals surface area contributed by atoms with E-state index in [0.29, 0.717) is 5.92 Å². The number of pyridine rings is 1. The Morgan fingerprint density at radius 2 is 0.971 bits per heavy atom. The van der Waals surface area contributed by atoms with Gasteiger partial charge in [0.2, 0.25) is 0 Å². The molecule has 4 nitrogen and oxygen atoms in total. The number of carbonyl (C=O) groups excluding carboxylic acids is 1. The Morgan fingerprint density at radius 1 is 0.522 bits per heavy atom. The van der Waals surface area contributed by atoms with Crippen molar-refractivity contribution in [3.63, 3.8) is 0 Å². The molecule has 0 spiro atoms. The number of nitrogens with zero attached hydrogens (tertiary/aromatic N) is 2. The van der Waals surface area contributed by atoms with Gasteiger partial charge >= 0.3 is 421 Å². The summed E-state index contributed by atoms with van der Waals surface area (Å²) < 4.78 is 6.84. The number of aryl methyl sites for hydroxylation is 1. The van der Waals surface area contributed by atoms with E-state index in [1.807, 2.05) is 18.2 Å². The molecule has 0 aliphatic rings. The molecule has 0 radical (unpaired) electrons. The maximum absolute atomic E-state index is 13.0. The predicted molar refractivity (Wildman–Crippen MR) is 286 cm³/mol. The van der Waals surface area contributed by atoms with Gasteiger partial charge in [0.1, 0.15) is 0 Å². The molecule has 2 aromatic heterocycles. The van der Waals surface area contributed by atoms with Crippen molar-refractivity contribution in [1.29, 1.82) is 0 Å². The fourth-order valence-electron chi connectivity index (χ4n) is 10.0. The second-order valence-electron chi connectivity index (χ2n) is 19.1. The van der Waals surface area contributed by atoms with Crippen LogP contribution in [0.2, 0.25) is 0 Å². The third-order valence-electron chi connectivity index (χ3n) is 13.2. The van der Waals surface area contributed by atoms with Crippen LogP contribution in [0.15, 0.2) is 194 Å². The summed E-state index contributed by atoms with van der Waals surface area (Å²) in [4.78, 5) is 13.0. The third kappa shape index (κ3) is 9.67. The van der Waals surface area contributed by atoms with Crippen molar-refractivity contribution in [1.82, 2.24) is 8.97 Å². The summed E-state index contributed by atoms with van der Waals surface area (Å²) in [6.45, 7) is 17.6. The number of carbonyl (C=O) groups is 1. The molecular weight excluding hydrogens is 957 g/mol. The van der Waals surface area contributed by atoms with Gasteiger partial charge < -0.3 is 0 Å². The summed E-state index contributed by atoms with van der Waals surface area (Å²) in [5.74, 6) is 0.471. The van der Waals surface area contributed by atoms with E-state index in [1.54, 1.807) is 6.92 Å². The number of hydrogen-bond acceptors (Lipinski definition) is 1. The zero-order chi connectivity index (χ0) is 48.3. The van der Waals surface area contributed by atoms with Gasteiger partial charge in [-0.2, -0.15) is 0 Å². The minimum atomic E-state index is -2.48. The molecule has 9 rings (SSSR count). The standard InChI is InChI=1S/C55H54N2.C8H8NO.ClH.Pd/c1-37(2)45-33-47(38(3)4)54(48(34-45)39(5)6)51-30-20-29-46-35-56(36-57(46)51)55-49(52(41-21-12-8-13-22-41)42-23-14-9-15-24-42)31-40(7)32-50(55)53(43-25-16-10-17-26-43)44-27-18-11-19-28-44;1-7(10)9-8-5-3-2-4-6-8;;/h8-35,37-39,52-53H,1-7H3;2-5H,1H3,(H,9,10);1H;/q;;;-1/p-1. The van der Waals surface area contributed by atoms with Crippen LogP contribution in [0, 0.1) is 10.8 Å². The number of amides is 1. The van der Waals surface area contributed by atoms with E-state index >= 15 is 0 Å². The number of halogens is 1. The van der Waals surface area contributed by atoms with Crippen LogP contribution in [0.4, 0.5) is 5.69 Å². The first kappa shape index (κ1) is 47.7. The molecule has 69 heavy (non-hydrogen) atoms. The topological polar surface area (TPSA) is 38.4 Å². The first-order valence-corrected chi connectivity index (χ1v) is 27.7. The van der Waals surface area contributed by atoms with E-state index in [2.05, 4.69) is 239 Å². The molecule has 6 heteroatoms. The van der Waals surface area contributed by atoms with Crippen LogP contribution in [0.25, 0.3) is 22.5 Å². The van der Waals surface area contributed by atoms with Gasteiger partial charge in [-0.1, -0.05) is 0 Å². The molecule has 0 atom stereocenters. The van der Waals surface area contributed by atoms with Crippen molar-refractivity contribution in [2.24, 2.45) is 0 Å². The fourth-order valence-corrected chi connectivity index (χ4v) is 13.9. The van der Waals surface area contributed by atoms with Crippen molar-refractivity contribution < 1.29 is 20.1 Å². The van der Waals surface area contributed by atoms with Gasteiger partial charge in [-0.25, -0.2) is 0 Å².